The number of imidazole rings is 1. The van der Waals surface area contributed by atoms with Gasteiger partial charge in [-0.3, -0.25) is 10.1 Å². The molecular weight excluding hydrogens is 242 g/mol. The first kappa shape index (κ1) is 13.4. The molecule has 1 heterocycles. The van der Waals surface area contributed by atoms with Crippen LogP contribution in [-0.4, -0.2) is 34.2 Å². The molecule has 1 aromatic rings. The molecule has 0 aromatic carbocycles. The minimum Gasteiger partial charge on any atom is -0.370 e. The normalized spacial score (nSPS) is 11.2. The van der Waals surface area contributed by atoms with E-state index in [9.17, 15) is 10.1 Å². The van der Waals surface area contributed by atoms with E-state index in [0.717, 1.165) is 23.5 Å². The third-order valence-corrected chi connectivity index (χ3v) is 2.84. The molecule has 0 aliphatic carbocycles. The number of hydrogen-bond donors (Lipinski definition) is 3. The number of thioether (sulfide) groups is 1. The predicted octanol–water partition coefficient (Wildman–Crippen LogP) is 0.776. The number of nitrogens with zero attached hydrogens (tertiary/aromatic N) is 2. The second-order valence-corrected chi connectivity index (χ2v) is 4.18. The van der Waals surface area contributed by atoms with Crippen molar-refractivity contribution in [1.82, 2.24) is 20.6 Å². The molecule has 0 fully saturated rings. The van der Waals surface area contributed by atoms with Gasteiger partial charge in [-0.1, -0.05) is 11.8 Å². The highest BCUT2D eigenvalue weighted by Crippen LogP contribution is 2.11. The summed E-state index contributed by atoms with van der Waals surface area (Å²) >= 11 is 1.62. The van der Waals surface area contributed by atoms with Crippen LogP contribution >= 0.6 is 11.8 Å². The predicted molar refractivity (Wildman–Crippen MR) is 66.1 cm³/mol. The minimum absolute atomic E-state index is 0.415. The molecule has 1 rings (SSSR count). The molecule has 0 bridgehead atoms. The quantitative estimate of drug-likeness (QED) is 0.275. The molecule has 0 unspecified atom stereocenters. The first-order chi connectivity index (χ1) is 8.22. The maximum absolute atomic E-state index is 10.2. The van der Waals surface area contributed by atoms with Crippen LogP contribution in [-0.2, 0) is 0 Å². The van der Waals surface area contributed by atoms with Crippen molar-refractivity contribution in [3.05, 3.63) is 34.5 Å². The number of nitro groups is 1. The number of H-pyrrole nitrogens is 1. The van der Waals surface area contributed by atoms with Gasteiger partial charge in [0.15, 0.2) is 11.0 Å². The third kappa shape index (κ3) is 5.81. The topological polar surface area (TPSA) is 95.9 Å². The molecule has 0 aliphatic heterocycles. The monoisotopic (exact) mass is 257 g/mol. The lowest BCUT2D eigenvalue weighted by Gasteiger charge is -2.06. The molecule has 0 aliphatic rings. The molecule has 0 saturated carbocycles. The van der Waals surface area contributed by atoms with E-state index in [0.29, 0.717) is 12.4 Å². The Hall–Kier alpha value is -1.70. The van der Waals surface area contributed by atoms with Gasteiger partial charge in [-0.2, -0.15) is 0 Å². The van der Waals surface area contributed by atoms with Crippen LogP contribution in [0.2, 0.25) is 0 Å². The standard InChI is InChI=1S/C9H15N5O2S/c1-10-8(7-14(15)16)11-3-2-6-17-9-12-4-5-13-9/h4-5,7,10-11H,2-3,6H2,1H3,(H,12,13). The molecule has 0 saturated heterocycles. The second-order valence-electron chi connectivity index (χ2n) is 3.10. The lowest BCUT2D eigenvalue weighted by atomic mass is 10.5. The van der Waals surface area contributed by atoms with Gasteiger partial charge in [-0.15, -0.1) is 0 Å². The fourth-order valence-corrected chi connectivity index (χ4v) is 1.87. The van der Waals surface area contributed by atoms with Gasteiger partial charge in [0.1, 0.15) is 0 Å². The van der Waals surface area contributed by atoms with Crippen molar-refractivity contribution in [3.63, 3.8) is 0 Å². The SMILES string of the molecule is CNC(=C[N+](=O)[O-])NCCCSc1ncc[nH]1. The molecule has 0 spiro atoms. The van der Waals surface area contributed by atoms with Crippen LogP contribution in [0.4, 0.5) is 0 Å². The average Bonchev–Trinajstić information content (AvgIpc) is 2.79. The van der Waals surface area contributed by atoms with Crippen molar-refractivity contribution >= 4 is 11.8 Å². The van der Waals surface area contributed by atoms with Crippen LogP contribution in [0.1, 0.15) is 6.42 Å². The highest BCUT2D eigenvalue weighted by molar-refractivity contribution is 7.99. The molecule has 8 heteroatoms. The van der Waals surface area contributed by atoms with Gasteiger partial charge in [-0.05, 0) is 6.42 Å². The second kappa shape index (κ2) is 7.55. The van der Waals surface area contributed by atoms with E-state index >= 15 is 0 Å². The molecule has 3 N–H and O–H groups in total. The van der Waals surface area contributed by atoms with E-state index in [2.05, 4.69) is 20.6 Å². The van der Waals surface area contributed by atoms with E-state index in [1.807, 2.05) is 0 Å². The van der Waals surface area contributed by atoms with Crippen LogP contribution in [0.25, 0.3) is 0 Å². The highest BCUT2D eigenvalue weighted by Gasteiger charge is 1.99. The molecule has 0 radical (unpaired) electrons. The van der Waals surface area contributed by atoms with Gasteiger partial charge < -0.3 is 15.6 Å². The van der Waals surface area contributed by atoms with Gasteiger partial charge in [0.2, 0.25) is 0 Å². The van der Waals surface area contributed by atoms with E-state index in [4.69, 9.17) is 0 Å². The molecule has 94 valence electrons. The van der Waals surface area contributed by atoms with Crippen molar-refractivity contribution < 1.29 is 4.92 Å². The average molecular weight is 257 g/mol. The number of rotatable bonds is 8. The summed E-state index contributed by atoms with van der Waals surface area (Å²) in [5.41, 5.74) is 0. The number of aromatic amines is 1. The molecule has 1 aromatic heterocycles. The fourth-order valence-electron chi connectivity index (χ4n) is 1.10. The van der Waals surface area contributed by atoms with Crippen LogP contribution in [0.15, 0.2) is 29.6 Å². The van der Waals surface area contributed by atoms with E-state index in [-0.39, 0.29) is 0 Å². The Bertz CT molecular complexity index is 365. The Labute approximate surface area is 103 Å². The molecule has 0 amide bonds. The molecule has 0 atom stereocenters. The Kier molecular flexibility index (Phi) is 5.94. The number of nitrogens with one attached hydrogen (secondary N) is 3. The van der Waals surface area contributed by atoms with Gasteiger partial charge >= 0.3 is 0 Å². The van der Waals surface area contributed by atoms with Crippen LogP contribution in [0, 0.1) is 10.1 Å². The van der Waals surface area contributed by atoms with Crippen LogP contribution in [0.3, 0.4) is 0 Å². The summed E-state index contributed by atoms with van der Waals surface area (Å²) in [5.74, 6) is 1.31. The first-order valence-electron chi connectivity index (χ1n) is 5.11. The molecule has 7 nitrogen and oxygen atoms in total. The Morgan fingerprint density at radius 3 is 3.18 bits per heavy atom. The summed E-state index contributed by atoms with van der Waals surface area (Å²) in [4.78, 5) is 16.8. The molecular formula is C9H15N5O2S. The van der Waals surface area contributed by atoms with Crippen molar-refractivity contribution in [2.75, 3.05) is 19.3 Å². The zero-order chi connectivity index (χ0) is 12.5. The lowest BCUT2D eigenvalue weighted by molar-refractivity contribution is -0.404. The van der Waals surface area contributed by atoms with Crippen LogP contribution < -0.4 is 10.6 Å². The largest absolute Gasteiger partial charge is 0.370 e. The van der Waals surface area contributed by atoms with E-state index in [1.165, 1.54) is 0 Å². The third-order valence-electron chi connectivity index (χ3n) is 1.85. The van der Waals surface area contributed by atoms with Crippen molar-refractivity contribution in [3.8, 4) is 0 Å². The maximum atomic E-state index is 10.2. The summed E-state index contributed by atoms with van der Waals surface area (Å²) in [6.45, 7) is 0.675. The summed E-state index contributed by atoms with van der Waals surface area (Å²) < 4.78 is 0. The fraction of sp³-hybridized carbons (Fsp3) is 0.444. The zero-order valence-corrected chi connectivity index (χ0v) is 10.3. The smallest absolute Gasteiger partial charge is 0.274 e. The first-order valence-corrected chi connectivity index (χ1v) is 6.10. The van der Waals surface area contributed by atoms with Gasteiger partial charge in [0.05, 0.1) is 4.92 Å². The minimum atomic E-state index is -0.490. The summed E-state index contributed by atoms with van der Waals surface area (Å²) in [7, 11) is 1.64. The van der Waals surface area contributed by atoms with Gasteiger partial charge in [0.25, 0.3) is 6.20 Å². The van der Waals surface area contributed by atoms with Crippen molar-refractivity contribution in [2.24, 2.45) is 0 Å². The van der Waals surface area contributed by atoms with Crippen molar-refractivity contribution in [2.45, 2.75) is 11.6 Å². The lowest BCUT2D eigenvalue weighted by Crippen LogP contribution is -2.25. The van der Waals surface area contributed by atoms with Gasteiger partial charge in [-0.25, -0.2) is 4.98 Å². The van der Waals surface area contributed by atoms with E-state index < -0.39 is 4.92 Å². The zero-order valence-electron chi connectivity index (χ0n) is 9.47. The highest BCUT2D eigenvalue weighted by atomic mass is 32.2. The van der Waals surface area contributed by atoms with Gasteiger partial charge in [0, 0.05) is 31.7 Å². The summed E-state index contributed by atoms with van der Waals surface area (Å²) in [6, 6.07) is 0. The number of hydrogen-bond acceptors (Lipinski definition) is 6. The van der Waals surface area contributed by atoms with Crippen LogP contribution in [0.5, 0.6) is 0 Å². The Balaban J connectivity index is 2.13. The van der Waals surface area contributed by atoms with E-state index in [1.54, 1.807) is 31.2 Å². The van der Waals surface area contributed by atoms with Crippen molar-refractivity contribution in [1.29, 1.82) is 0 Å². The summed E-state index contributed by atoms with van der Waals surface area (Å²) in [6.07, 6.45) is 5.29. The summed E-state index contributed by atoms with van der Waals surface area (Å²) in [5, 5.41) is 16.8. The number of aromatic nitrogens is 2. The Morgan fingerprint density at radius 1 is 1.76 bits per heavy atom. The maximum Gasteiger partial charge on any atom is 0.274 e. The molecule has 17 heavy (non-hydrogen) atoms. The Morgan fingerprint density at radius 2 is 2.59 bits per heavy atom.